The molecule has 0 radical (unpaired) electrons. The Kier molecular flexibility index (Phi) is 6.39. The zero-order valence-electron chi connectivity index (χ0n) is 15.4. The van der Waals surface area contributed by atoms with Crippen LogP contribution in [-0.2, 0) is 17.8 Å². The van der Waals surface area contributed by atoms with E-state index in [1.807, 2.05) is 30.3 Å². The number of halogens is 2. The number of amides is 1. The van der Waals surface area contributed by atoms with Gasteiger partial charge in [-0.1, -0.05) is 30.3 Å². The molecule has 1 heterocycles. The third-order valence-corrected chi connectivity index (χ3v) is 5.06. The number of likely N-dealkylation sites (tertiary alicyclic amines) is 1. The average molecular weight is 390 g/mol. The lowest BCUT2D eigenvalue weighted by molar-refractivity contribution is -0.148. The van der Waals surface area contributed by atoms with Crippen molar-refractivity contribution in [3.05, 3.63) is 71.3 Å². The second-order valence-electron chi connectivity index (χ2n) is 7.25. The van der Waals surface area contributed by atoms with Crippen LogP contribution < -0.4 is 5.32 Å². The van der Waals surface area contributed by atoms with Crippen LogP contribution in [-0.4, -0.2) is 52.4 Å². The highest BCUT2D eigenvalue weighted by Gasteiger charge is 2.41. The van der Waals surface area contributed by atoms with E-state index >= 15 is 0 Å². The largest absolute Gasteiger partial charge is 0.388 e. The summed E-state index contributed by atoms with van der Waals surface area (Å²) in [7, 11) is 0. The molecule has 0 spiro atoms. The number of piperidine rings is 1. The fourth-order valence-electron chi connectivity index (χ4n) is 3.42. The number of aliphatic hydroxyl groups is 2. The van der Waals surface area contributed by atoms with Gasteiger partial charge in [0.05, 0.1) is 6.42 Å². The van der Waals surface area contributed by atoms with Crippen molar-refractivity contribution < 1.29 is 23.8 Å². The van der Waals surface area contributed by atoms with Crippen molar-refractivity contribution in [1.29, 1.82) is 0 Å². The Balaban J connectivity index is 1.51. The van der Waals surface area contributed by atoms with Gasteiger partial charge in [0.15, 0.2) is 0 Å². The van der Waals surface area contributed by atoms with Crippen LogP contribution in [0.2, 0.25) is 0 Å². The fourth-order valence-corrected chi connectivity index (χ4v) is 3.42. The fraction of sp³-hybridized carbons (Fsp3) is 0.381. The van der Waals surface area contributed by atoms with Gasteiger partial charge in [0.2, 0.25) is 5.91 Å². The molecule has 150 valence electrons. The van der Waals surface area contributed by atoms with E-state index in [0.29, 0.717) is 12.1 Å². The number of benzene rings is 2. The maximum atomic E-state index is 13.2. The highest BCUT2D eigenvalue weighted by atomic mass is 19.1. The molecule has 0 bridgehead atoms. The number of β-amino-alcohol motifs (C(OH)–C–C–N with tert-alkyl or cyclic N) is 1. The van der Waals surface area contributed by atoms with E-state index in [1.54, 1.807) is 4.90 Å². The van der Waals surface area contributed by atoms with Gasteiger partial charge in [-0.25, -0.2) is 8.78 Å². The maximum Gasteiger partial charge on any atom is 0.227 e. The first-order chi connectivity index (χ1) is 13.4. The van der Waals surface area contributed by atoms with E-state index in [1.165, 1.54) is 12.1 Å². The van der Waals surface area contributed by atoms with Gasteiger partial charge in [-0.05, 0) is 29.7 Å². The predicted octanol–water partition coefficient (Wildman–Crippen LogP) is 1.62. The van der Waals surface area contributed by atoms with Crippen LogP contribution in [0.4, 0.5) is 8.78 Å². The number of nitrogens with zero attached hydrogens (tertiary/aromatic N) is 1. The van der Waals surface area contributed by atoms with Gasteiger partial charge in [-0.15, -0.1) is 0 Å². The van der Waals surface area contributed by atoms with Crippen molar-refractivity contribution in [3.63, 3.8) is 0 Å². The van der Waals surface area contributed by atoms with Gasteiger partial charge in [0.1, 0.15) is 23.3 Å². The van der Waals surface area contributed by atoms with E-state index in [0.717, 1.165) is 11.6 Å². The second kappa shape index (κ2) is 8.77. The summed E-state index contributed by atoms with van der Waals surface area (Å²) in [4.78, 5) is 14.0. The quantitative estimate of drug-likeness (QED) is 0.701. The molecule has 0 aliphatic carbocycles. The van der Waals surface area contributed by atoms with Crippen LogP contribution in [0.5, 0.6) is 0 Å². The number of aliphatic hydroxyl groups excluding tert-OH is 1. The zero-order chi connectivity index (χ0) is 20.1. The first-order valence-corrected chi connectivity index (χ1v) is 9.23. The summed E-state index contributed by atoms with van der Waals surface area (Å²) >= 11 is 0. The van der Waals surface area contributed by atoms with E-state index in [-0.39, 0.29) is 38.4 Å². The molecule has 5 nitrogen and oxygen atoms in total. The summed E-state index contributed by atoms with van der Waals surface area (Å²) in [6.07, 6.45) is -0.660. The van der Waals surface area contributed by atoms with Crippen molar-refractivity contribution >= 4 is 5.91 Å². The Morgan fingerprint density at radius 3 is 2.46 bits per heavy atom. The predicted molar refractivity (Wildman–Crippen MR) is 100 cm³/mol. The molecule has 1 fully saturated rings. The summed E-state index contributed by atoms with van der Waals surface area (Å²) < 4.78 is 26.5. The molecule has 0 aromatic heterocycles. The Bertz CT molecular complexity index is 798. The van der Waals surface area contributed by atoms with Crippen LogP contribution in [0.15, 0.2) is 48.5 Å². The summed E-state index contributed by atoms with van der Waals surface area (Å²) in [5.74, 6) is -1.43. The van der Waals surface area contributed by atoms with E-state index in [4.69, 9.17) is 0 Å². The molecule has 1 saturated heterocycles. The maximum absolute atomic E-state index is 13.2. The molecular weight excluding hydrogens is 366 g/mol. The molecule has 1 amide bonds. The lowest BCUT2D eigenvalue weighted by atomic mass is 9.88. The van der Waals surface area contributed by atoms with Crippen molar-refractivity contribution in [1.82, 2.24) is 10.2 Å². The Morgan fingerprint density at radius 2 is 1.82 bits per heavy atom. The minimum atomic E-state index is -1.41. The van der Waals surface area contributed by atoms with Crippen LogP contribution >= 0.6 is 0 Å². The number of rotatable bonds is 6. The topological polar surface area (TPSA) is 72.8 Å². The van der Waals surface area contributed by atoms with E-state index in [9.17, 15) is 23.8 Å². The summed E-state index contributed by atoms with van der Waals surface area (Å²) in [6, 6.07) is 12.6. The Hall–Kier alpha value is -2.35. The molecule has 7 heteroatoms. The van der Waals surface area contributed by atoms with Crippen LogP contribution in [0.25, 0.3) is 0 Å². The first-order valence-electron chi connectivity index (χ1n) is 9.23. The van der Waals surface area contributed by atoms with Crippen LogP contribution in [0.3, 0.4) is 0 Å². The molecule has 28 heavy (non-hydrogen) atoms. The van der Waals surface area contributed by atoms with Crippen molar-refractivity contribution in [3.8, 4) is 0 Å². The highest BCUT2D eigenvalue weighted by molar-refractivity contribution is 5.79. The second-order valence-corrected chi connectivity index (χ2v) is 7.25. The minimum Gasteiger partial charge on any atom is -0.388 e. The molecule has 0 saturated carbocycles. The Labute approximate surface area is 162 Å². The minimum absolute atomic E-state index is 0.0401. The molecule has 2 aromatic carbocycles. The van der Waals surface area contributed by atoms with Gasteiger partial charge in [-0.2, -0.15) is 0 Å². The number of hydrogen-bond donors (Lipinski definition) is 3. The van der Waals surface area contributed by atoms with E-state index in [2.05, 4.69) is 5.32 Å². The molecule has 0 unspecified atom stereocenters. The summed E-state index contributed by atoms with van der Waals surface area (Å²) in [5, 5.41) is 24.0. The zero-order valence-corrected chi connectivity index (χ0v) is 15.4. The average Bonchev–Trinajstić information content (AvgIpc) is 2.64. The first kappa shape index (κ1) is 20.4. The van der Waals surface area contributed by atoms with Gasteiger partial charge in [0.25, 0.3) is 0 Å². The van der Waals surface area contributed by atoms with Gasteiger partial charge >= 0.3 is 0 Å². The number of hydrogen-bond acceptors (Lipinski definition) is 4. The van der Waals surface area contributed by atoms with Crippen LogP contribution in [0.1, 0.15) is 17.5 Å². The van der Waals surface area contributed by atoms with Gasteiger partial charge in [-0.3, -0.25) is 4.79 Å². The number of nitrogens with one attached hydrogen (secondary N) is 1. The lowest BCUT2D eigenvalue weighted by Gasteiger charge is -2.42. The van der Waals surface area contributed by atoms with Crippen molar-refractivity contribution in [2.75, 3.05) is 19.6 Å². The monoisotopic (exact) mass is 390 g/mol. The molecule has 1 aliphatic heterocycles. The third kappa shape index (κ3) is 5.13. The molecule has 2 aromatic rings. The van der Waals surface area contributed by atoms with Crippen molar-refractivity contribution in [2.24, 2.45) is 0 Å². The SMILES string of the molecule is O=C(Cc1ccccc1)N1CC[C@](O)(CNCc2cc(F)cc(F)c2)[C@@H](O)C1. The van der Waals surface area contributed by atoms with Crippen LogP contribution in [0, 0.1) is 11.6 Å². The number of carbonyl (C=O) groups excluding carboxylic acids is 1. The van der Waals surface area contributed by atoms with E-state index < -0.39 is 23.3 Å². The number of carbonyl (C=O) groups is 1. The molecule has 3 N–H and O–H groups in total. The third-order valence-electron chi connectivity index (χ3n) is 5.06. The van der Waals surface area contributed by atoms with Crippen molar-refractivity contribution in [2.45, 2.75) is 31.1 Å². The lowest BCUT2D eigenvalue weighted by Crippen LogP contribution is -2.60. The smallest absolute Gasteiger partial charge is 0.227 e. The molecule has 3 rings (SSSR count). The van der Waals surface area contributed by atoms with Gasteiger partial charge in [0, 0.05) is 32.2 Å². The highest BCUT2D eigenvalue weighted by Crippen LogP contribution is 2.23. The molecule has 1 aliphatic rings. The normalized spacial score (nSPS) is 22.3. The Morgan fingerprint density at radius 1 is 1.14 bits per heavy atom. The standard InChI is InChI=1S/C21H24F2N2O3/c22-17-8-16(9-18(23)11-17)12-24-14-21(28)6-7-25(13-19(21)26)20(27)10-15-4-2-1-3-5-15/h1-5,8-9,11,19,24,26,28H,6-7,10,12-14H2/t19-,21-/m0/s1. The molecule has 2 atom stereocenters. The summed E-state index contributed by atoms with van der Waals surface area (Å²) in [6.45, 7) is 0.571. The van der Waals surface area contributed by atoms with Gasteiger partial charge < -0.3 is 20.4 Å². The summed E-state index contributed by atoms with van der Waals surface area (Å²) in [5.41, 5.74) is -0.104. The molecular formula is C21H24F2N2O3.